The molecule has 2 aromatic rings. The Hall–Kier alpha value is -1.95. The average molecular weight is 525 g/mol. The lowest BCUT2D eigenvalue weighted by Gasteiger charge is -2.35. The highest BCUT2D eigenvalue weighted by molar-refractivity contribution is 14.0. The molecule has 152 valence electrons. The van der Waals surface area contributed by atoms with Gasteiger partial charge >= 0.3 is 6.61 Å². The number of hydrogen-bond acceptors (Lipinski definition) is 5. The van der Waals surface area contributed by atoms with Gasteiger partial charge in [-0.25, -0.2) is 15.0 Å². The van der Waals surface area contributed by atoms with Gasteiger partial charge in [-0.2, -0.15) is 8.78 Å². The summed E-state index contributed by atoms with van der Waals surface area (Å²) in [6, 6.07) is 6.20. The van der Waals surface area contributed by atoms with Crippen LogP contribution in [0.5, 0.6) is 5.75 Å². The van der Waals surface area contributed by atoms with E-state index < -0.39 is 6.61 Å². The summed E-state index contributed by atoms with van der Waals surface area (Å²) in [4.78, 5) is 16.8. The van der Waals surface area contributed by atoms with Gasteiger partial charge in [0, 0.05) is 49.2 Å². The minimum absolute atomic E-state index is 0. The molecule has 1 aromatic heterocycles. The standard InChI is InChI=1S/C17H19ClF2N6O.HI/c18-13-2-3-14(27-15(19)20)12(10-13)11-24-16(21)25-6-8-26(9-7-25)17-22-4-1-5-23-17;/h1-5,10,15H,6-9,11H2,(H2,21,24);1H. The van der Waals surface area contributed by atoms with E-state index in [0.717, 1.165) is 0 Å². The summed E-state index contributed by atoms with van der Waals surface area (Å²) < 4.78 is 29.6. The van der Waals surface area contributed by atoms with E-state index in [2.05, 4.69) is 24.6 Å². The number of guanidine groups is 1. The molecule has 0 unspecified atom stereocenters. The van der Waals surface area contributed by atoms with Crippen molar-refractivity contribution in [3.05, 3.63) is 47.2 Å². The molecule has 0 saturated carbocycles. The minimum atomic E-state index is -2.92. The molecule has 2 N–H and O–H groups in total. The molecule has 1 fully saturated rings. The molecular formula is C17H20ClF2IN6O. The molecule has 0 bridgehead atoms. The Morgan fingerprint density at radius 2 is 1.89 bits per heavy atom. The second kappa shape index (κ2) is 10.6. The zero-order chi connectivity index (χ0) is 19.2. The van der Waals surface area contributed by atoms with Crippen molar-refractivity contribution in [3.8, 4) is 5.75 Å². The second-order valence-corrected chi connectivity index (χ2v) is 6.26. The van der Waals surface area contributed by atoms with Gasteiger partial charge in [0.1, 0.15) is 5.75 Å². The summed E-state index contributed by atoms with van der Waals surface area (Å²) in [6.45, 7) is -0.0998. The Morgan fingerprint density at radius 3 is 2.54 bits per heavy atom. The Balaban J connectivity index is 0.00000280. The van der Waals surface area contributed by atoms with Crippen molar-refractivity contribution >= 4 is 47.5 Å². The predicted octanol–water partition coefficient (Wildman–Crippen LogP) is 2.99. The van der Waals surface area contributed by atoms with Crippen LogP contribution in [0.15, 0.2) is 41.7 Å². The van der Waals surface area contributed by atoms with E-state index >= 15 is 0 Å². The highest BCUT2D eigenvalue weighted by Crippen LogP contribution is 2.25. The zero-order valence-electron chi connectivity index (χ0n) is 14.8. The van der Waals surface area contributed by atoms with E-state index in [0.29, 0.717) is 48.7 Å². The highest BCUT2D eigenvalue weighted by Gasteiger charge is 2.20. The van der Waals surface area contributed by atoms with E-state index in [4.69, 9.17) is 17.3 Å². The van der Waals surface area contributed by atoms with Crippen LogP contribution in [0.25, 0.3) is 0 Å². The Labute approximate surface area is 183 Å². The summed E-state index contributed by atoms with van der Waals surface area (Å²) in [5.74, 6) is 1.06. The lowest BCUT2D eigenvalue weighted by atomic mass is 10.2. The molecule has 1 aliphatic rings. The summed E-state index contributed by atoms with van der Waals surface area (Å²) in [5, 5.41) is 0.414. The van der Waals surface area contributed by atoms with Crippen molar-refractivity contribution in [3.63, 3.8) is 0 Å². The van der Waals surface area contributed by atoms with Gasteiger partial charge in [-0.1, -0.05) is 11.6 Å². The second-order valence-electron chi connectivity index (χ2n) is 5.83. The van der Waals surface area contributed by atoms with E-state index in [9.17, 15) is 8.78 Å². The molecule has 3 rings (SSSR count). The monoisotopic (exact) mass is 524 g/mol. The number of halogens is 4. The van der Waals surface area contributed by atoms with Crippen LogP contribution < -0.4 is 15.4 Å². The molecular weight excluding hydrogens is 505 g/mol. The fourth-order valence-corrected chi connectivity index (χ4v) is 2.93. The molecule has 28 heavy (non-hydrogen) atoms. The zero-order valence-corrected chi connectivity index (χ0v) is 17.9. The summed E-state index contributed by atoms with van der Waals surface area (Å²) >= 11 is 5.94. The summed E-state index contributed by atoms with van der Waals surface area (Å²) in [6.07, 6.45) is 3.41. The molecule has 1 saturated heterocycles. The third kappa shape index (κ3) is 6.03. The first-order valence-electron chi connectivity index (χ1n) is 8.33. The lowest BCUT2D eigenvalue weighted by molar-refractivity contribution is -0.0504. The molecule has 0 aliphatic carbocycles. The van der Waals surface area contributed by atoms with Crippen LogP contribution in [0.3, 0.4) is 0 Å². The van der Waals surface area contributed by atoms with Gasteiger partial charge in [-0.15, -0.1) is 24.0 Å². The van der Waals surface area contributed by atoms with Crippen LogP contribution in [0, 0.1) is 0 Å². The van der Waals surface area contributed by atoms with Crippen LogP contribution in [0.1, 0.15) is 5.56 Å². The first kappa shape index (κ1) is 22.3. The maximum Gasteiger partial charge on any atom is 0.387 e. The van der Waals surface area contributed by atoms with Crippen LogP contribution in [0.2, 0.25) is 5.02 Å². The minimum Gasteiger partial charge on any atom is -0.434 e. The Kier molecular flexibility index (Phi) is 8.42. The number of alkyl halides is 2. The van der Waals surface area contributed by atoms with Gasteiger partial charge in [0.25, 0.3) is 0 Å². The van der Waals surface area contributed by atoms with Crippen molar-refractivity contribution in [1.29, 1.82) is 0 Å². The Bertz CT molecular complexity index is 790. The van der Waals surface area contributed by atoms with Crippen molar-refractivity contribution < 1.29 is 13.5 Å². The van der Waals surface area contributed by atoms with E-state index in [1.54, 1.807) is 24.5 Å². The number of anilines is 1. The van der Waals surface area contributed by atoms with Crippen LogP contribution in [0.4, 0.5) is 14.7 Å². The number of benzene rings is 1. The molecule has 7 nitrogen and oxygen atoms in total. The average Bonchev–Trinajstić information content (AvgIpc) is 2.68. The van der Waals surface area contributed by atoms with Crippen LogP contribution >= 0.6 is 35.6 Å². The molecule has 11 heteroatoms. The topological polar surface area (TPSA) is 79.9 Å². The summed E-state index contributed by atoms with van der Waals surface area (Å²) in [5.41, 5.74) is 6.52. The van der Waals surface area contributed by atoms with E-state index in [1.807, 2.05) is 4.90 Å². The third-order valence-corrected chi connectivity index (χ3v) is 4.32. The Morgan fingerprint density at radius 1 is 1.21 bits per heavy atom. The van der Waals surface area contributed by atoms with Crippen molar-refractivity contribution in [2.75, 3.05) is 31.1 Å². The largest absolute Gasteiger partial charge is 0.434 e. The molecule has 1 aromatic carbocycles. The molecule has 0 radical (unpaired) electrons. The van der Waals surface area contributed by atoms with E-state index in [-0.39, 0.29) is 36.3 Å². The van der Waals surface area contributed by atoms with Gasteiger partial charge in [0.2, 0.25) is 5.95 Å². The van der Waals surface area contributed by atoms with Gasteiger partial charge < -0.3 is 20.3 Å². The molecule has 0 spiro atoms. The number of aliphatic imine (C=N–C) groups is 1. The van der Waals surface area contributed by atoms with Gasteiger partial charge in [-0.3, -0.25) is 0 Å². The SMILES string of the molecule is I.NC(=NCc1cc(Cl)ccc1OC(F)F)N1CCN(c2ncccn2)CC1. The maximum absolute atomic E-state index is 12.5. The number of nitrogens with two attached hydrogens (primary N) is 1. The van der Waals surface area contributed by atoms with E-state index in [1.165, 1.54) is 12.1 Å². The van der Waals surface area contributed by atoms with Gasteiger partial charge in [0.15, 0.2) is 5.96 Å². The number of rotatable bonds is 5. The molecule has 0 amide bonds. The van der Waals surface area contributed by atoms with Gasteiger partial charge in [0.05, 0.1) is 6.54 Å². The fraction of sp³-hybridized carbons (Fsp3) is 0.353. The van der Waals surface area contributed by atoms with Crippen LogP contribution in [-0.2, 0) is 6.54 Å². The number of ether oxygens (including phenoxy) is 1. The third-order valence-electron chi connectivity index (χ3n) is 4.09. The highest BCUT2D eigenvalue weighted by atomic mass is 127. The smallest absolute Gasteiger partial charge is 0.387 e. The number of nitrogens with zero attached hydrogens (tertiary/aromatic N) is 5. The quantitative estimate of drug-likeness (QED) is 0.368. The fourth-order valence-electron chi connectivity index (χ4n) is 2.74. The predicted molar refractivity (Wildman–Crippen MR) is 115 cm³/mol. The summed E-state index contributed by atoms with van der Waals surface area (Å²) in [7, 11) is 0. The lowest BCUT2D eigenvalue weighted by Crippen LogP contribution is -2.51. The number of aromatic nitrogens is 2. The molecule has 0 atom stereocenters. The first-order valence-corrected chi connectivity index (χ1v) is 8.71. The normalized spacial score (nSPS) is 14.8. The van der Waals surface area contributed by atoms with Crippen molar-refractivity contribution in [1.82, 2.24) is 14.9 Å². The molecule has 2 heterocycles. The number of piperazine rings is 1. The van der Waals surface area contributed by atoms with Crippen molar-refractivity contribution in [2.45, 2.75) is 13.2 Å². The van der Waals surface area contributed by atoms with Crippen molar-refractivity contribution in [2.24, 2.45) is 10.7 Å². The van der Waals surface area contributed by atoms with Crippen LogP contribution in [-0.4, -0.2) is 53.6 Å². The van der Waals surface area contributed by atoms with Gasteiger partial charge in [-0.05, 0) is 24.3 Å². The number of hydrogen-bond donors (Lipinski definition) is 1. The first-order chi connectivity index (χ1) is 13.0. The maximum atomic E-state index is 12.5. The molecule has 1 aliphatic heterocycles.